The van der Waals surface area contributed by atoms with Crippen molar-refractivity contribution in [3.05, 3.63) is 28.2 Å². The van der Waals surface area contributed by atoms with Gasteiger partial charge in [-0.1, -0.05) is 0 Å². The van der Waals surface area contributed by atoms with Crippen LogP contribution in [0, 0.1) is 5.82 Å². The lowest BCUT2D eigenvalue weighted by Gasteiger charge is -2.35. The highest BCUT2D eigenvalue weighted by molar-refractivity contribution is 9.10. The van der Waals surface area contributed by atoms with Gasteiger partial charge in [-0.3, -0.25) is 4.98 Å². The van der Waals surface area contributed by atoms with Crippen LogP contribution in [0.15, 0.2) is 16.7 Å². The lowest BCUT2D eigenvalue weighted by atomic mass is 9.49. The van der Waals surface area contributed by atoms with Crippen molar-refractivity contribution in [2.45, 2.75) is 70.9 Å². The second-order valence-corrected chi connectivity index (χ2v) is 9.11. The van der Waals surface area contributed by atoms with Crippen LogP contribution in [0.25, 0.3) is 0 Å². The normalized spacial score (nSPS) is 30.1. The minimum Gasteiger partial charge on any atom is -0.405 e. The zero-order chi connectivity index (χ0) is 18.8. The van der Waals surface area contributed by atoms with Gasteiger partial charge >= 0.3 is 14.0 Å². The minimum atomic E-state index is -0.956. The number of rotatable bonds is 2. The van der Waals surface area contributed by atoms with Gasteiger partial charge in [0.25, 0.3) is 0 Å². The van der Waals surface area contributed by atoms with Crippen LogP contribution in [-0.4, -0.2) is 35.8 Å². The Morgan fingerprint density at radius 2 is 1.36 bits per heavy atom. The third-order valence-corrected chi connectivity index (χ3v) is 6.29. The molecule has 0 aliphatic carbocycles. The van der Waals surface area contributed by atoms with Crippen molar-refractivity contribution in [3.63, 3.8) is 0 Å². The van der Waals surface area contributed by atoms with E-state index in [1.807, 2.05) is 48.5 Å². The lowest BCUT2D eigenvalue weighted by Crippen LogP contribution is -2.42. The molecule has 9 heteroatoms. The molecule has 2 fully saturated rings. The molecule has 0 bridgehead atoms. The average molecular weight is 414 g/mol. The van der Waals surface area contributed by atoms with Gasteiger partial charge in [0.15, 0.2) is 0 Å². The highest BCUT2D eigenvalue weighted by atomic mass is 79.9. The second-order valence-electron chi connectivity index (χ2n) is 8.26. The van der Waals surface area contributed by atoms with Crippen LogP contribution in [0.2, 0.25) is 0 Å². The van der Waals surface area contributed by atoms with Gasteiger partial charge in [0.1, 0.15) is 11.4 Å². The molecule has 0 N–H and O–H groups in total. The molecule has 1 aromatic rings. The number of halogens is 2. The third kappa shape index (κ3) is 2.98. The van der Waals surface area contributed by atoms with E-state index in [4.69, 9.17) is 18.6 Å². The van der Waals surface area contributed by atoms with Crippen LogP contribution in [-0.2, 0) is 24.2 Å². The minimum absolute atomic E-state index is 0.305. The molecule has 3 heterocycles. The van der Waals surface area contributed by atoms with E-state index in [-0.39, 0.29) is 0 Å². The quantitative estimate of drug-likeness (QED) is 0.692. The summed E-state index contributed by atoms with van der Waals surface area (Å²) >= 11 is 3.13. The van der Waals surface area contributed by atoms with E-state index < -0.39 is 42.2 Å². The van der Waals surface area contributed by atoms with Gasteiger partial charge in [-0.2, -0.15) is 0 Å². The Morgan fingerprint density at radius 1 is 0.880 bits per heavy atom. The van der Waals surface area contributed by atoms with Gasteiger partial charge in [-0.15, -0.1) is 0 Å². The molecule has 25 heavy (non-hydrogen) atoms. The summed E-state index contributed by atoms with van der Waals surface area (Å²) in [4.78, 5) is 4.33. The summed E-state index contributed by atoms with van der Waals surface area (Å²) in [5.41, 5.74) is -2.24. The molecule has 3 rings (SSSR count). The van der Waals surface area contributed by atoms with E-state index in [2.05, 4.69) is 20.9 Å². The van der Waals surface area contributed by atoms with Gasteiger partial charge in [0, 0.05) is 6.20 Å². The Bertz CT molecular complexity index is 687. The summed E-state index contributed by atoms with van der Waals surface area (Å²) in [6, 6.07) is 1.36. The topological polar surface area (TPSA) is 49.8 Å². The Balaban J connectivity index is 1.90. The first-order chi connectivity index (χ1) is 11.3. The van der Waals surface area contributed by atoms with Crippen LogP contribution < -0.4 is 0 Å². The molecule has 2 aliphatic rings. The molecule has 2 aliphatic heterocycles. The van der Waals surface area contributed by atoms with Crippen LogP contribution in [0.5, 0.6) is 0 Å². The smallest absolute Gasteiger partial charge is 0.405 e. The van der Waals surface area contributed by atoms with Gasteiger partial charge < -0.3 is 18.6 Å². The fourth-order valence-electron chi connectivity index (χ4n) is 2.96. The largest absolute Gasteiger partial charge is 0.489 e. The second kappa shape index (κ2) is 5.76. The van der Waals surface area contributed by atoms with E-state index in [9.17, 15) is 4.39 Å². The van der Waals surface area contributed by atoms with Crippen LogP contribution in [0.3, 0.4) is 0 Å². The summed E-state index contributed by atoms with van der Waals surface area (Å²) in [6.45, 7) is 13.5. The maximum Gasteiger partial charge on any atom is 0.489 e. The van der Waals surface area contributed by atoms with Gasteiger partial charge in [0.05, 0.1) is 27.0 Å². The summed E-state index contributed by atoms with van der Waals surface area (Å²) < 4.78 is 38.7. The SMILES string of the molecule is CC1(C)OB(B2OC(C)(C)C(C)(c3cc(F)c(Br)cn3)O2)OC1(C)C. The van der Waals surface area contributed by atoms with Crippen molar-refractivity contribution in [1.29, 1.82) is 0 Å². The van der Waals surface area contributed by atoms with Crippen molar-refractivity contribution >= 4 is 29.9 Å². The van der Waals surface area contributed by atoms with E-state index >= 15 is 0 Å². The predicted molar refractivity (Wildman–Crippen MR) is 97.3 cm³/mol. The Kier molecular flexibility index (Phi) is 4.45. The number of nitrogens with zero attached hydrogens (tertiary/aromatic N) is 1. The average Bonchev–Trinajstić information content (AvgIpc) is 2.84. The molecule has 0 spiro atoms. The van der Waals surface area contributed by atoms with E-state index in [0.29, 0.717) is 10.2 Å². The van der Waals surface area contributed by atoms with Crippen molar-refractivity contribution in [2.75, 3.05) is 0 Å². The fraction of sp³-hybridized carbons (Fsp3) is 0.688. The number of pyridine rings is 1. The molecule has 2 saturated heterocycles. The van der Waals surface area contributed by atoms with Crippen molar-refractivity contribution in [1.82, 2.24) is 4.98 Å². The number of hydrogen-bond donors (Lipinski definition) is 0. The van der Waals surface area contributed by atoms with Crippen LogP contribution in [0.4, 0.5) is 4.39 Å². The summed E-state index contributed by atoms with van der Waals surface area (Å²) in [5.74, 6) is -0.398. The molecule has 1 atom stereocenters. The molecule has 1 aromatic heterocycles. The highest BCUT2D eigenvalue weighted by Gasteiger charge is 2.65. The molecule has 1 unspecified atom stereocenters. The molecule has 0 aromatic carbocycles. The van der Waals surface area contributed by atoms with E-state index in [1.165, 1.54) is 12.3 Å². The number of aromatic nitrogens is 1. The standard InChI is InChI=1S/C16H23B2BrFNO4/c1-13(2)14(3,4)23-17(22-13)18-24-15(5,6)16(7,25-18)12-8-11(20)10(19)9-21-12/h8-9H,1-7H3. The monoisotopic (exact) mass is 413 g/mol. The molecular formula is C16H23B2BrFNO4. The molecule has 0 amide bonds. The molecule has 0 saturated carbocycles. The van der Waals surface area contributed by atoms with Gasteiger partial charge in [0.2, 0.25) is 0 Å². The van der Waals surface area contributed by atoms with E-state index in [1.54, 1.807) is 0 Å². The first-order valence-corrected chi connectivity index (χ1v) is 9.11. The predicted octanol–water partition coefficient (Wildman–Crippen LogP) is 3.68. The number of hydrogen-bond acceptors (Lipinski definition) is 5. The first kappa shape index (κ1) is 19.3. The molecule has 0 radical (unpaired) electrons. The van der Waals surface area contributed by atoms with Crippen molar-refractivity contribution in [3.8, 4) is 0 Å². The van der Waals surface area contributed by atoms with E-state index in [0.717, 1.165) is 0 Å². The Labute approximate surface area is 157 Å². The third-order valence-electron chi connectivity index (χ3n) is 5.70. The summed E-state index contributed by atoms with van der Waals surface area (Å²) in [6.07, 6.45) is 1.43. The maximum atomic E-state index is 14.0. The Hall–Kier alpha value is -0.470. The Morgan fingerprint density at radius 3 is 1.88 bits per heavy atom. The molecule has 5 nitrogen and oxygen atoms in total. The summed E-state index contributed by atoms with van der Waals surface area (Å²) in [7, 11) is -1.42. The van der Waals surface area contributed by atoms with Gasteiger partial charge in [-0.05, 0) is 70.5 Å². The van der Waals surface area contributed by atoms with Crippen LogP contribution in [0.1, 0.15) is 54.2 Å². The lowest BCUT2D eigenvalue weighted by molar-refractivity contribution is -0.0168. The first-order valence-electron chi connectivity index (χ1n) is 8.32. The zero-order valence-corrected chi connectivity index (χ0v) is 17.2. The highest BCUT2D eigenvalue weighted by Crippen LogP contribution is 2.47. The molecule has 136 valence electrons. The zero-order valence-electron chi connectivity index (χ0n) is 15.6. The fourth-order valence-corrected chi connectivity index (χ4v) is 3.17. The van der Waals surface area contributed by atoms with Crippen molar-refractivity contribution in [2.24, 2.45) is 0 Å². The summed E-state index contributed by atoms with van der Waals surface area (Å²) in [5, 5.41) is 0. The van der Waals surface area contributed by atoms with Gasteiger partial charge in [-0.25, -0.2) is 4.39 Å². The molecular weight excluding hydrogens is 391 g/mol. The van der Waals surface area contributed by atoms with Crippen LogP contribution >= 0.6 is 15.9 Å². The van der Waals surface area contributed by atoms with Crippen molar-refractivity contribution < 1.29 is 23.0 Å². The maximum absolute atomic E-state index is 14.0.